The normalized spacial score (nSPS) is 19.5. The van der Waals surface area contributed by atoms with Gasteiger partial charge in [0.2, 0.25) is 5.91 Å². The van der Waals surface area contributed by atoms with Crippen LogP contribution in [0.15, 0.2) is 0 Å². The number of carbonyl (C=O) groups excluding carboxylic acids is 2. The lowest BCUT2D eigenvalue weighted by atomic mass is 9.84. The Morgan fingerprint density at radius 3 is 2.21 bits per heavy atom. The Morgan fingerprint density at radius 1 is 0.929 bits per heavy atom. The number of unbranched alkanes of at least 4 members (excludes halogenated alkanes) is 1. The third-order valence-electron chi connectivity index (χ3n) is 5.73. The van der Waals surface area contributed by atoms with Crippen LogP contribution in [-0.4, -0.2) is 48.2 Å². The van der Waals surface area contributed by atoms with Crippen molar-refractivity contribution in [2.75, 3.05) is 13.1 Å². The van der Waals surface area contributed by atoms with Gasteiger partial charge in [-0.05, 0) is 56.9 Å². The van der Waals surface area contributed by atoms with Crippen LogP contribution in [0.2, 0.25) is 0 Å². The van der Waals surface area contributed by atoms with E-state index < -0.39 is 24.1 Å². The van der Waals surface area contributed by atoms with E-state index in [1.807, 2.05) is 0 Å². The first-order chi connectivity index (χ1) is 13.5. The molecule has 0 radical (unpaired) electrons. The summed E-state index contributed by atoms with van der Waals surface area (Å²) in [6.07, 6.45) is 10.3. The molecule has 2 aliphatic carbocycles. The Labute approximate surface area is 167 Å². The predicted molar refractivity (Wildman–Crippen MR) is 107 cm³/mol. The lowest BCUT2D eigenvalue weighted by Crippen LogP contribution is -2.54. The van der Waals surface area contributed by atoms with E-state index in [4.69, 9.17) is 5.73 Å². The van der Waals surface area contributed by atoms with Gasteiger partial charge in [0, 0.05) is 6.54 Å². The molecule has 0 aromatic heterocycles. The van der Waals surface area contributed by atoms with Crippen molar-refractivity contribution in [3.63, 3.8) is 0 Å². The van der Waals surface area contributed by atoms with Crippen molar-refractivity contribution in [2.45, 2.75) is 82.7 Å². The lowest BCUT2D eigenvalue weighted by molar-refractivity contribution is -0.139. The maximum absolute atomic E-state index is 12.6. The van der Waals surface area contributed by atoms with Crippen LogP contribution in [-0.2, 0) is 9.59 Å². The van der Waals surface area contributed by atoms with Gasteiger partial charge in [-0.1, -0.05) is 32.1 Å². The molecule has 0 unspecified atom stereocenters. The summed E-state index contributed by atoms with van der Waals surface area (Å²) in [5.74, 6) is -0.255. The second-order valence-corrected chi connectivity index (χ2v) is 8.27. The second-order valence-electron chi connectivity index (χ2n) is 8.27. The molecule has 0 heterocycles. The van der Waals surface area contributed by atoms with Crippen molar-refractivity contribution in [3.05, 3.63) is 0 Å². The van der Waals surface area contributed by atoms with Crippen LogP contribution in [0.3, 0.4) is 0 Å². The fourth-order valence-electron chi connectivity index (χ4n) is 3.79. The molecule has 0 aliphatic heterocycles. The SMILES string of the molecule is NCCCC[C@H](NC(=O)N[C@H](CC1CCCCC1)C(=O)NCC1CC1)C(=O)O. The summed E-state index contributed by atoms with van der Waals surface area (Å²) in [7, 11) is 0. The summed E-state index contributed by atoms with van der Waals surface area (Å²) < 4.78 is 0. The zero-order valence-corrected chi connectivity index (χ0v) is 16.8. The molecule has 2 saturated carbocycles. The summed E-state index contributed by atoms with van der Waals surface area (Å²) in [6, 6.07) is -2.20. The van der Waals surface area contributed by atoms with Crippen molar-refractivity contribution in [1.82, 2.24) is 16.0 Å². The number of carboxylic acid groups (broad SMARTS) is 1. The number of nitrogens with one attached hydrogen (secondary N) is 3. The molecule has 0 aromatic rings. The van der Waals surface area contributed by atoms with Crippen LogP contribution in [0.1, 0.15) is 70.6 Å². The minimum atomic E-state index is -1.07. The Hall–Kier alpha value is -1.83. The van der Waals surface area contributed by atoms with Gasteiger partial charge in [0.25, 0.3) is 0 Å². The summed E-state index contributed by atoms with van der Waals surface area (Å²) in [5, 5.41) is 17.5. The van der Waals surface area contributed by atoms with Gasteiger partial charge < -0.3 is 26.8 Å². The molecule has 2 aliphatic rings. The van der Waals surface area contributed by atoms with Gasteiger partial charge in [0.05, 0.1) is 0 Å². The summed E-state index contributed by atoms with van der Waals surface area (Å²) in [4.78, 5) is 36.4. The van der Waals surface area contributed by atoms with E-state index in [-0.39, 0.29) is 5.91 Å². The number of carbonyl (C=O) groups is 3. The molecular formula is C20H36N4O4. The van der Waals surface area contributed by atoms with Gasteiger partial charge in [-0.25, -0.2) is 9.59 Å². The van der Waals surface area contributed by atoms with E-state index >= 15 is 0 Å². The van der Waals surface area contributed by atoms with Crippen LogP contribution in [0, 0.1) is 11.8 Å². The molecule has 6 N–H and O–H groups in total. The average Bonchev–Trinajstić information content (AvgIpc) is 3.50. The number of amides is 3. The van der Waals surface area contributed by atoms with E-state index in [1.165, 1.54) is 6.42 Å². The molecule has 2 fully saturated rings. The molecule has 28 heavy (non-hydrogen) atoms. The highest BCUT2D eigenvalue weighted by molar-refractivity contribution is 5.88. The van der Waals surface area contributed by atoms with E-state index in [0.717, 1.165) is 38.5 Å². The van der Waals surface area contributed by atoms with E-state index in [0.29, 0.717) is 50.6 Å². The van der Waals surface area contributed by atoms with E-state index in [1.54, 1.807) is 0 Å². The first-order valence-electron chi connectivity index (χ1n) is 10.8. The minimum Gasteiger partial charge on any atom is -0.480 e. The van der Waals surface area contributed by atoms with Gasteiger partial charge in [0.1, 0.15) is 12.1 Å². The lowest BCUT2D eigenvalue weighted by Gasteiger charge is -2.27. The van der Waals surface area contributed by atoms with Crippen molar-refractivity contribution in [1.29, 1.82) is 0 Å². The van der Waals surface area contributed by atoms with Crippen LogP contribution in [0.4, 0.5) is 4.79 Å². The molecule has 8 nitrogen and oxygen atoms in total. The van der Waals surface area contributed by atoms with E-state index in [9.17, 15) is 19.5 Å². The second kappa shape index (κ2) is 11.9. The summed E-state index contributed by atoms with van der Waals surface area (Å²) in [5.41, 5.74) is 5.44. The van der Waals surface area contributed by atoms with Crippen molar-refractivity contribution >= 4 is 17.9 Å². The van der Waals surface area contributed by atoms with Gasteiger partial charge >= 0.3 is 12.0 Å². The van der Waals surface area contributed by atoms with Crippen LogP contribution < -0.4 is 21.7 Å². The van der Waals surface area contributed by atoms with Crippen molar-refractivity contribution in [2.24, 2.45) is 17.6 Å². The third kappa shape index (κ3) is 8.46. The Bertz CT molecular complexity index is 518. The predicted octanol–water partition coefficient (Wildman–Crippen LogP) is 1.73. The maximum atomic E-state index is 12.6. The first-order valence-corrected chi connectivity index (χ1v) is 10.8. The molecule has 0 saturated heterocycles. The Kier molecular flexibility index (Phi) is 9.54. The molecule has 2 atom stereocenters. The number of nitrogens with two attached hydrogens (primary N) is 1. The number of hydrogen-bond acceptors (Lipinski definition) is 4. The molecule has 0 spiro atoms. The molecule has 0 aromatic carbocycles. The third-order valence-corrected chi connectivity index (χ3v) is 5.73. The van der Waals surface area contributed by atoms with Gasteiger partial charge in [-0.15, -0.1) is 0 Å². The quantitative estimate of drug-likeness (QED) is 0.320. The highest BCUT2D eigenvalue weighted by Gasteiger charge is 2.29. The van der Waals surface area contributed by atoms with Gasteiger partial charge in [-0.3, -0.25) is 4.79 Å². The zero-order chi connectivity index (χ0) is 20.4. The fraction of sp³-hybridized carbons (Fsp3) is 0.850. The van der Waals surface area contributed by atoms with Crippen LogP contribution in [0.5, 0.6) is 0 Å². The highest BCUT2D eigenvalue weighted by atomic mass is 16.4. The Balaban J connectivity index is 1.88. The monoisotopic (exact) mass is 396 g/mol. The zero-order valence-electron chi connectivity index (χ0n) is 16.8. The molecular weight excluding hydrogens is 360 g/mol. The molecule has 0 bridgehead atoms. The number of carboxylic acids is 1. The number of rotatable bonds is 12. The largest absolute Gasteiger partial charge is 0.480 e. The van der Waals surface area contributed by atoms with Crippen LogP contribution in [0.25, 0.3) is 0 Å². The molecule has 2 rings (SSSR count). The average molecular weight is 397 g/mol. The number of aliphatic carboxylic acids is 1. The van der Waals surface area contributed by atoms with Gasteiger partial charge in [-0.2, -0.15) is 0 Å². The molecule has 160 valence electrons. The minimum absolute atomic E-state index is 0.164. The number of hydrogen-bond donors (Lipinski definition) is 5. The topological polar surface area (TPSA) is 134 Å². The molecule has 3 amide bonds. The van der Waals surface area contributed by atoms with Crippen molar-refractivity contribution < 1.29 is 19.5 Å². The van der Waals surface area contributed by atoms with Gasteiger partial charge in [0.15, 0.2) is 0 Å². The first kappa shape index (κ1) is 22.5. The summed E-state index contributed by atoms with van der Waals surface area (Å²) >= 11 is 0. The van der Waals surface area contributed by atoms with Crippen molar-refractivity contribution in [3.8, 4) is 0 Å². The van der Waals surface area contributed by atoms with E-state index in [2.05, 4.69) is 16.0 Å². The number of urea groups is 1. The highest BCUT2D eigenvalue weighted by Crippen LogP contribution is 2.29. The van der Waals surface area contributed by atoms with Crippen LogP contribution >= 0.6 is 0 Å². The molecule has 8 heteroatoms. The fourth-order valence-corrected chi connectivity index (χ4v) is 3.79. The smallest absolute Gasteiger partial charge is 0.326 e. The summed E-state index contributed by atoms with van der Waals surface area (Å²) in [6.45, 7) is 1.14. The maximum Gasteiger partial charge on any atom is 0.326 e. The standard InChI is InChI=1S/C20H36N4O4/c21-11-5-4-8-16(19(26)27)23-20(28)24-17(12-14-6-2-1-3-7-14)18(25)22-13-15-9-10-15/h14-17H,1-13,21H2,(H,22,25)(H,26,27)(H2,23,24,28)/t16-,17+/m0/s1. The Morgan fingerprint density at radius 2 is 1.61 bits per heavy atom.